The van der Waals surface area contributed by atoms with Crippen LogP contribution in [0.5, 0.6) is 5.75 Å². The third-order valence-electron chi connectivity index (χ3n) is 5.06. The SMILES string of the molecule is COc1ccc(C(=O)Nc2ccc(F)c([C@]3(C)CC[C@@](F)(CF)C(N)=N3)c2)nc1. The maximum absolute atomic E-state index is 14.5. The van der Waals surface area contributed by atoms with E-state index in [1.54, 1.807) is 13.0 Å². The number of amidine groups is 1. The molecular formula is C20H21F3N4O2. The quantitative estimate of drug-likeness (QED) is 0.795. The fraction of sp³-hybridized carbons (Fsp3) is 0.350. The van der Waals surface area contributed by atoms with Gasteiger partial charge in [-0.2, -0.15) is 0 Å². The smallest absolute Gasteiger partial charge is 0.274 e. The number of carbonyl (C=O) groups is 1. The van der Waals surface area contributed by atoms with E-state index in [1.165, 1.54) is 37.6 Å². The molecule has 29 heavy (non-hydrogen) atoms. The lowest BCUT2D eigenvalue weighted by Crippen LogP contribution is -2.48. The van der Waals surface area contributed by atoms with E-state index in [-0.39, 0.29) is 24.1 Å². The second-order valence-corrected chi connectivity index (χ2v) is 7.10. The maximum Gasteiger partial charge on any atom is 0.274 e. The van der Waals surface area contributed by atoms with Crippen LogP contribution in [0.1, 0.15) is 35.8 Å². The fourth-order valence-corrected chi connectivity index (χ4v) is 3.17. The van der Waals surface area contributed by atoms with Crippen LogP contribution in [0, 0.1) is 5.82 Å². The average Bonchev–Trinajstić information content (AvgIpc) is 2.72. The Balaban J connectivity index is 1.87. The van der Waals surface area contributed by atoms with E-state index in [0.717, 1.165) is 0 Å². The summed E-state index contributed by atoms with van der Waals surface area (Å²) in [6.45, 7) is 0.304. The number of anilines is 1. The molecule has 0 spiro atoms. The molecule has 6 nitrogen and oxygen atoms in total. The standard InChI is InChI=1S/C20H21F3N4O2/c1-19(7-8-20(23,11-21)18(24)27-19)14-9-12(3-5-15(14)22)26-17(28)16-6-4-13(29-2)10-25-16/h3-6,9-10H,7-8,11H2,1-2H3,(H2,24,27)(H,26,28)/t19-,20+/m0/s1. The minimum Gasteiger partial charge on any atom is -0.495 e. The molecule has 0 saturated heterocycles. The molecule has 1 aromatic heterocycles. The maximum atomic E-state index is 14.5. The molecule has 0 fully saturated rings. The lowest BCUT2D eigenvalue weighted by Gasteiger charge is -2.36. The number of aliphatic imine (C=N–C) groups is 1. The predicted molar refractivity (Wildman–Crippen MR) is 103 cm³/mol. The van der Waals surface area contributed by atoms with Crippen LogP contribution >= 0.6 is 0 Å². The first-order valence-corrected chi connectivity index (χ1v) is 8.93. The average molecular weight is 406 g/mol. The van der Waals surface area contributed by atoms with Gasteiger partial charge < -0.3 is 15.8 Å². The second-order valence-electron chi connectivity index (χ2n) is 7.10. The highest BCUT2D eigenvalue weighted by atomic mass is 19.2. The van der Waals surface area contributed by atoms with Crippen molar-refractivity contribution in [2.24, 2.45) is 10.7 Å². The zero-order valence-corrected chi connectivity index (χ0v) is 16.0. The van der Waals surface area contributed by atoms with Gasteiger partial charge in [0.1, 0.15) is 29.8 Å². The summed E-state index contributed by atoms with van der Waals surface area (Å²) in [6, 6.07) is 7.06. The molecule has 1 aliphatic rings. The summed E-state index contributed by atoms with van der Waals surface area (Å²) < 4.78 is 46.9. The van der Waals surface area contributed by atoms with E-state index in [0.29, 0.717) is 11.4 Å². The molecule has 0 saturated carbocycles. The Bertz CT molecular complexity index is 951. The van der Waals surface area contributed by atoms with Gasteiger partial charge in [0.15, 0.2) is 5.67 Å². The molecule has 154 valence electrons. The molecular weight excluding hydrogens is 385 g/mol. The van der Waals surface area contributed by atoms with Gasteiger partial charge in [0, 0.05) is 11.3 Å². The third-order valence-corrected chi connectivity index (χ3v) is 5.06. The van der Waals surface area contributed by atoms with Gasteiger partial charge in [-0.3, -0.25) is 9.79 Å². The number of carbonyl (C=O) groups excluding carboxylic acids is 1. The molecule has 1 aliphatic heterocycles. The number of pyridine rings is 1. The number of benzene rings is 1. The van der Waals surface area contributed by atoms with Crippen LogP contribution in [-0.4, -0.2) is 36.2 Å². The molecule has 9 heteroatoms. The van der Waals surface area contributed by atoms with Crippen LogP contribution in [0.3, 0.4) is 0 Å². The van der Waals surface area contributed by atoms with Gasteiger partial charge in [-0.05, 0) is 50.1 Å². The molecule has 2 atom stereocenters. The number of hydrogen-bond donors (Lipinski definition) is 2. The lowest BCUT2D eigenvalue weighted by molar-refractivity contribution is 0.102. The van der Waals surface area contributed by atoms with Crippen LogP contribution in [0.2, 0.25) is 0 Å². The number of hydrogen-bond acceptors (Lipinski definition) is 5. The lowest BCUT2D eigenvalue weighted by atomic mass is 9.80. The highest BCUT2D eigenvalue weighted by molar-refractivity contribution is 6.02. The fourth-order valence-electron chi connectivity index (χ4n) is 3.17. The van der Waals surface area contributed by atoms with Crippen molar-refractivity contribution in [3.05, 3.63) is 53.6 Å². The highest BCUT2D eigenvalue weighted by Gasteiger charge is 2.44. The summed E-state index contributed by atoms with van der Waals surface area (Å²) in [4.78, 5) is 20.5. The van der Waals surface area contributed by atoms with Crippen molar-refractivity contribution in [1.82, 2.24) is 4.98 Å². The van der Waals surface area contributed by atoms with Gasteiger partial charge in [0.2, 0.25) is 0 Å². The van der Waals surface area contributed by atoms with Gasteiger partial charge in [0.25, 0.3) is 5.91 Å². The van der Waals surface area contributed by atoms with Crippen molar-refractivity contribution < 1.29 is 22.7 Å². The molecule has 0 aliphatic carbocycles. The Morgan fingerprint density at radius 1 is 1.31 bits per heavy atom. The van der Waals surface area contributed by atoms with Crippen molar-refractivity contribution in [1.29, 1.82) is 0 Å². The Labute approximate surface area is 166 Å². The summed E-state index contributed by atoms with van der Waals surface area (Å²) in [7, 11) is 1.48. The number of nitrogens with one attached hydrogen (secondary N) is 1. The molecule has 0 bridgehead atoms. The molecule has 1 amide bonds. The van der Waals surface area contributed by atoms with Crippen LogP contribution in [0.4, 0.5) is 18.9 Å². The van der Waals surface area contributed by atoms with Crippen molar-refractivity contribution in [2.45, 2.75) is 31.0 Å². The minimum absolute atomic E-state index is 0.0580. The summed E-state index contributed by atoms with van der Waals surface area (Å²) in [5, 5.41) is 2.64. The second kappa shape index (κ2) is 7.73. The number of methoxy groups -OCH3 is 1. The van der Waals surface area contributed by atoms with E-state index in [2.05, 4.69) is 15.3 Å². The number of alkyl halides is 2. The van der Waals surface area contributed by atoms with Crippen LogP contribution in [0.25, 0.3) is 0 Å². The monoisotopic (exact) mass is 406 g/mol. The Kier molecular flexibility index (Phi) is 5.50. The minimum atomic E-state index is -2.33. The Morgan fingerprint density at radius 3 is 2.66 bits per heavy atom. The normalized spacial score (nSPS) is 24.0. The van der Waals surface area contributed by atoms with E-state index in [4.69, 9.17) is 10.5 Å². The third kappa shape index (κ3) is 4.03. The number of nitrogens with zero attached hydrogens (tertiary/aromatic N) is 2. The van der Waals surface area contributed by atoms with E-state index >= 15 is 0 Å². The first-order chi connectivity index (χ1) is 13.7. The van der Waals surface area contributed by atoms with Gasteiger partial charge in [-0.15, -0.1) is 0 Å². The van der Waals surface area contributed by atoms with Gasteiger partial charge in [-0.1, -0.05) is 0 Å². The van der Waals surface area contributed by atoms with E-state index in [9.17, 15) is 18.0 Å². The molecule has 3 rings (SSSR count). The topological polar surface area (TPSA) is 89.6 Å². The first kappa shape index (κ1) is 20.6. The van der Waals surface area contributed by atoms with Crippen molar-refractivity contribution in [2.75, 3.05) is 19.1 Å². The van der Waals surface area contributed by atoms with Crippen molar-refractivity contribution in [3.63, 3.8) is 0 Å². The van der Waals surface area contributed by atoms with E-state index in [1.807, 2.05) is 0 Å². The molecule has 2 aromatic rings. The van der Waals surface area contributed by atoms with Crippen LogP contribution in [0.15, 0.2) is 41.5 Å². The molecule has 2 heterocycles. The number of nitrogens with two attached hydrogens (primary N) is 1. The van der Waals surface area contributed by atoms with Gasteiger partial charge in [-0.25, -0.2) is 18.2 Å². The van der Waals surface area contributed by atoms with Crippen molar-refractivity contribution in [3.8, 4) is 5.75 Å². The Morgan fingerprint density at radius 2 is 2.07 bits per heavy atom. The van der Waals surface area contributed by atoms with Crippen LogP contribution < -0.4 is 15.8 Å². The van der Waals surface area contributed by atoms with Crippen LogP contribution in [-0.2, 0) is 5.54 Å². The zero-order chi connectivity index (χ0) is 21.2. The predicted octanol–water partition coefficient (Wildman–Crippen LogP) is 3.53. The van der Waals surface area contributed by atoms with Crippen molar-refractivity contribution >= 4 is 17.4 Å². The molecule has 0 unspecified atom stereocenters. The largest absolute Gasteiger partial charge is 0.495 e. The summed E-state index contributed by atoms with van der Waals surface area (Å²) in [6.07, 6.45) is 1.24. The summed E-state index contributed by atoms with van der Waals surface area (Å²) in [5.41, 5.74) is 2.70. The number of amides is 1. The number of aromatic nitrogens is 1. The molecule has 1 aromatic carbocycles. The summed E-state index contributed by atoms with van der Waals surface area (Å²) in [5.74, 6) is -1.08. The Hall–Kier alpha value is -3.10. The number of rotatable bonds is 5. The molecule has 3 N–H and O–H groups in total. The highest BCUT2D eigenvalue weighted by Crippen LogP contribution is 2.41. The zero-order valence-electron chi connectivity index (χ0n) is 16.0. The first-order valence-electron chi connectivity index (χ1n) is 8.93. The van der Waals surface area contributed by atoms with E-state index < -0.39 is 35.4 Å². The van der Waals surface area contributed by atoms with Gasteiger partial charge in [0.05, 0.1) is 18.8 Å². The number of halogens is 3. The van der Waals surface area contributed by atoms with Gasteiger partial charge >= 0.3 is 0 Å². The molecule has 0 radical (unpaired) electrons. The summed E-state index contributed by atoms with van der Waals surface area (Å²) >= 11 is 0. The number of ether oxygens (including phenoxy) is 1.